The van der Waals surface area contributed by atoms with Gasteiger partial charge in [0.15, 0.2) is 6.67 Å². The van der Waals surface area contributed by atoms with Gasteiger partial charge < -0.3 is 9.64 Å². The molecular formula is C19H27N4O2S+. The molecule has 1 aromatic heterocycles. The molecule has 0 aliphatic carbocycles. The fourth-order valence-electron chi connectivity index (χ4n) is 3.65. The van der Waals surface area contributed by atoms with Crippen LogP contribution in [0.3, 0.4) is 0 Å². The Bertz CT molecular complexity index is 842. The first-order valence-corrected chi connectivity index (χ1v) is 9.62. The molecule has 0 saturated carbocycles. The van der Waals surface area contributed by atoms with Crippen LogP contribution in [0.1, 0.15) is 30.9 Å². The molecular weight excluding hydrogens is 348 g/mol. The van der Waals surface area contributed by atoms with Gasteiger partial charge in [0.25, 0.3) is 0 Å². The number of hydrogen-bond acceptors (Lipinski definition) is 4. The summed E-state index contributed by atoms with van der Waals surface area (Å²) in [6, 6.07) is 6.31. The first-order chi connectivity index (χ1) is 12.5. The van der Waals surface area contributed by atoms with E-state index in [-0.39, 0.29) is 11.9 Å². The fraction of sp³-hybridized carbons (Fsp3) is 0.526. The minimum Gasteiger partial charge on any atom is -0.466 e. The van der Waals surface area contributed by atoms with Gasteiger partial charge in [-0.25, -0.2) is 0 Å². The van der Waals surface area contributed by atoms with Crippen molar-refractivity contribution in [2.45, 2.75) is 40.3 Å². The van der Waals surface area contributed by atoms with E-state index in [1.165, 1.54) is 16.0 Å². The van der Waals surface area contributed by atoms with Crippen molar-refractivity contribution in [3.63, 3.8) is 0 Å². The molecule has 7 heteroatoms. The average molecular weight is 376 g/mol. The number of quaternary nitrogens is 1. The highest BCUT2D eigenvalue weighted by Crippen LogP contribution is 2.16. The van der Waals surface area contributed by atoms with Gasteiger partial charge in [0, 0.05) is 0 Å². The molecule has 140 valence electrons. The molecule has 26 heavy (non-hydrogen) atoms. The second kappa shape index (κ2) is 8.14. The summed E-state index contributed by atoms with van der Waals surface area (Å²) in [5.74, 6) is -0.0941. The highest BCUT2D eigenvalue weighted by atomic mass is 32.1. The van der Waals surface area contributed by atoms with Gasteiger partial charge in [0.1, 0.15) is 12.2 Å². The number of carbonyl (C=O) groups excluding carboxylic acids is 1. The maximum absolute atomic E-state index is 12.0. The van der Waals surface area contributed by atoms with E-state index in [0.29, 0.717) is 18.0 Å². The lowest BCUT2D eigenvalue weighted by molar-refractivity contribution is -0.930. The minimum atomic E-state index is -0.0749. The molecule has 1 aliphatic heterocycles. The summed E-state index contributed by atoms with van der Waals surface area (Å²) < 4.78 is 9.69. The molecule has 1 aliphatic rings. The molecule has 0 spiro atoms. The van der Waals surface area contributed by atoms with Gasteiger partial charge in [-0.2, -0.15) is 9.78 Å². The molecule has 0 radical (unpaired) electrons. The number of nitrogens with one attached hydrogen (secondary N) is 1. The Morgan fingerprint density at radius 1 is 1.42 bits per heavy atom. The zero-order valence-corrected chi connectivity index (χ0v) is 16.5. The van der Waals surface area contributed by atoms with Crippen LogP contribution in [0.25, 0.3) is 5.69 Å². The molecule has 1 fully saturated rings. The van der Waals surface area contributed by atoms with Crippen molar-refractivity contribution in [3.05, 3.63) is 40.4 Å². The third-order valence-electron chi connectivity index (χ3n) is 4.96. The lowest BCUT2D eigenvalue weighted by Crippen LogP contribution is -3.13. The number of nitrogens with zero attached hydrogens (tertiary/aromatic N) is 3. The molecule has 1 unspecified atom stereocenters. The van der Waals surface area contributed by atoms with E-state index < -0.39 is 0 Å². The number of carbonyl (C=O) groups is 1. The fourth-order valence-corrected chi connectivity index (χ4v) is 3.91. The molecule has 3 rings (SSSR count). The van der Waals surface area contributed by atoms with Crippen molar-refractivity contribution in [3.8, 4) is 5.69 Å². The van der Waals surface area contributed by atoms with Gasteiger partial charge in [-0.3, -0.25) is 9.36 Å². The predicted octanol–water partition coefficient (Wildman–Crippen LogP) is 1.84. The summed E-state index contributed by atoms with van der Waals surface area (Å²) in [5, 5.41) is 4.49. The highest BCUT2D eigenvalue weighted by molar-refractivity contribution is 7.71. The Kier molecular flexibility index (Phi) is 5.88. The van der Waals surface area contributed by atoms with Crippen LogP contribution in [0.2, 0.25) is 0 Å². The molecule has 1 N–H and O–H groups in total. The van der Waals surface area contributed by atoms with Crippen LogP contribution in [0, 0.1) is 24.5 Å². The van der Waals surface area contributed by atoms with Gasteiger partial charge in [-0.1, -0.05) is 17.7 Å². The SMILES string of the molecule is CCOC(=O)[C@H]1CCC[NH+](Cn2ncn(-c3ccc(C)cc3C)c2=S)C1. The van der Waals surface area contributed by atoms with Crippen molar-refractivity contribution in [1.29, 1.82) is 0 Å². The molecule has 2 atom stereocenters. The lowest BCUT2D eigenvalue weighted by atomic mass is 9.99. The predicted molar refractivity (Wildman–Crippen MR) is 102 cm³/mol. The largest absolute Gasteiger partial charge is 0.466 e. The zero-order valence-electron chi connectivity index (χ0n) is 15.7. The first kappa shape index (κ1) is 18.8. The van der Waals surface area contributed by atoms with Gasteiger partial charge in [-0.05, 0) is 57.5 Å². The van der Waals surface area contributed by atoms with E-state index in [1.54, 1.807) is 6.33 Å². The Morgan fingerprint density at radius 3 is 2.96 bits per heavy atom. The summed E-state index contributed by atoms with van der Waals surface area (Å²) in [5.41, 5.74) is 3.46. The topological polar surface area (TPSA) is 53.5 Å². The maximum Gasteiger partial charge on any atom is 0.314 e. The standard InChI is InChI=1S/C19H26N4O2S/c1-4-25-18(24)16-6-5-9-21(11-16)13-23-19(26)22(12-20-23)17-8-7-14(2)10-15(17)3/h7-8,10,12,16H,4-6,9,11,13H2,1-3H3/p+1/t16-/m0/s1. The summed E-state index contributed by atoms with van der Waals surface area (Å²) >= 11 is 5.65. The van der Waals surface area contributed by atoms with E-state index in [1.807, 2.05) is 16.2 Å². The Labute approximate surface area is 159 Å². The second-order valence-corrected chi connectivity index (χ2v) is 7.39. The van der Waals surface area contributed by atoms with Gasteiger partial charge >= 0.3 is 5.97 Å². The van der Waals surface area contributed by atoms with Crippen molar-refractivity contribution in [1.82, 2.24) is 14.3 Å². The maximum atomic E-state index is 12.0. The summed E-state index contributed by atoms with van der Waals surface area (Å²) in [7, 11) is 0. The van der Waals surface area contributed by atoms with E-state index in [9.17, 15) is 4.79 Å². The number of hydrogen-bond donors (Lipinski definition) is 1. The number of likely N-dealkylation sites (tertiary alicyclic amines) is 1. The van der Waals surface area contributed by atoms with Crippen molar-refractivity contribution < 1.29 is 14.4 Å². The first-order valence-electron chi connectivity index (χ1n) is 9.22. The van der Waals surface area contributed by atoms with E-state index in [2.05, 4.69) is 37.1 Å². The van der Waals surface area contributed by atoms with E-state index in [4.69, 9.17) is 17.0 Å². The quantitative estimate of drug-likeness (QED) is 0.640. The zero-order chi connectivity index (χ0) is 18.7. The molecule has 0 amide bonds. The van der Waals surface area contributed by atoms with Crippen LogP contribution >= 0.6 is 12.2 Å². The van der Waals surface area contributed by atoms with Crippen LogP contribution in [0.15, 0.2) is 24.5 Å². The van der Waals surface area contributed by atoms with E-state index in [0.717, 1.165) is 31.6 Å². The van der Waals surface area contributed by atoms with Crippen LogP contribution in [0.5, 0.6) is 0 Å². The lowest BCUT2D eigenvalue weighted by Gasteiger charge is -2.28. The Morgan fingerprint density at radius 2 is 2.23 bits per heavy atom. The summed E-state index contributed by atoms with van der Waals surface area (Å²) in [6.45, 7) is 8.93. The van der Waals surface area contributed by atoms with Crippen LogP contribution in [0.4, 0.5) is 0 Å². The number of esters is 1. The Hall–Kier alpha value is -1.99. The number of aryl methyl sites for hydroxylation is 2. The Balaban J connectivity index is 1.74. The van der Waals surface area contributed by atoms with Crippen molar-refractivity contribution in [2.24, 2.45) is 5.92 Å². The van der Waals surface area contributed by atoms with Crippen LogP contribution in [-0.4, -0.2) is 40.0 Å². The summed E-state index contributed by atoms with van der Waals surface area (Å²) in [6.07, 6.45) is 3.71. The minimum absolute atomic E-state index is 0.0192. The third kappa shape index (κ3) is 4.04. The van der Waals surface area contributed by atoms with Gasteiger partial charge in [0.2, 0.25) is 4.77 Å². The van der Waals surface area contributed by atoms with E-state index >= 15 is 0 Å². The van der Waals surface area contributed by atoms with Gasteiger partial charge in [-0.15, -0.1) is 0 Å². The van der Waals surface area contributed by atoms with Gasteiger partial charge in [0.05, 0.1) is 25.4 Å². The van der Waals surface area contributed by atoms with Crippen LogP contribution < -0.4 is 4.90 Å². The molecule has 0 bridgehead atoms. The van der Waals surface area contributed by atoms with Crippen molar-refractivity contribution in [2.75, 3.05) is 19.7 Å². The third-order valence-corrected chi connectivity index (χ3v) is 5.36. The molecule has 2 heterocycles. The number of rotatable bonds is 5. The normalized spacial score (nSPS) is 20.1. The molecule has 2 aromatic rings. The summed E-state index contributed by atoms with van der Waals surface area (Å²) in [4.78, 5) is 13.4. The molecule has 6 nitrogen and oxygen atoms in total. The number of aromatic nitrogens is 3. The number of benzene rings is 1. The average Bonchev–Trinajstić information content (AvgIpc) is 2.96. The smallest absolute Gasteiger partial charge is 0.314 e. The monoisotopic (exact) mass is 375 g/mol. The second-order valence-electron chi connectivity index (χ2n) is 7.03. The molecule has 1 aromatic carbocycles. The van der Waals surface area contributed by atoms with Crippen LogP contribution in [-0.2, 0) is 16.2 Å². The highest BCUT2D eigenvalue weighted by Gasteiger charge is 2.30. The molecule has 1 saturated heterocycles. The van der Waals surface area contributed by atoms with Crippen molar-refractivity contribution >= 4 is 18.2 Å². The number of ether oxygens (including phenoxy) is 1. The number of piperidine rings is 1.